The van der Waals surface area contributed by atoms with Crippen LogP contribution in [0, 0.1) is 0 Å². The molecule has 2 heterocycles. The van der Waals surface area contributed by atoms with Crippen molar-refractivity contribution in [2.75, 3.05) is 26.3 Å². The Balaban J connectivity index is 2.14. The molecule has 0 aromatic heterocycles. The first-order valence-electron chi connectivity index (χ1n) is 7.01. The summed E-state index contributed by atoms with van der Waals surface area (Å²) >= 11 is 3.64. The fourth-order valence-corrected chi connectivity index (χ4v) is 3.60. The Kier molecular flexibility index (Phi) is 3.72. The lowest BCUT2D eigenvalue weighted by molar-refractivity contribution is 0.168. The molecule has 4 heteroatoms. The van der Waals surface area contributed by atoms with Crippen LogP contribution in [0.15, 0.2) is 10.5 Å². The van der Waals surface area contributed by atoms with Crippen LogP contribution in [0.2, 0.25) is 0 Å². The minimum atomic E-state index is 0.444. The minimum absolute atomic E-state index is 0.444. The summed E-state index contributed by atoms with van der Waals surface area (Å²) < 4.78 is 12.7. The van der Waals surface area contributed by atoms with Gasteiger partial charge in [0.2, 0.25) is 0 Å². The molecule has 0 bridgehead atoms. The van der Waals surface area contributed by atoms with Crippen molar-refractivity contribution in [1.82, 2.24) is 5.32 Å². The monoisotopic (exact) mass is 325 g/mol. The highest BCUT2D eigenvalue weighted by Gasteiger charge is 2.28. The molecule has 1 atom stereocenters. The van der Waals surface area contributed by atoms with Crippen LogP contribution in [0.3, 0.4) is 0 Å². The van der Waals surface area contributed by atoms with Crippen LogP contribution >= 0.6 is 15.9 Å². The number of hydrogen-bond acceptors (Lipinski definition) is 3. The zero-order valence-electron chi connectivity index (χ0n) is 11.5. The molecule has 1 fully saturated rings. The second-order valence-electron chi connectivity index (χ2n) is 5.56. The summed E-state index contributed by atoms with van der Waals surface area (Å²) in [5.41, 5.74) is 2.74. The van der Waals surface area contributed by atoms with E-state index in [0.29, 0.717) is 25.0 Å². The molecule has 0 saturated carbocycles. The number of fused-ring (bicyclic) bond motifs is 1. The van der Waals surface area contributed by atoms with Crippen molar-refractivity contribution >= 4 is 15.9 Å². The summed E-state index contributed by atoms with van der Waals surface area (Å²) in [5, 5.41) is 3.45. The SMILES string of the molecule is CC(C)c1c(C2CCNC2)cc(Br)c2c1OCCO2. The van der Waals surface area contributed by atoms with Crippen molar-refractivity contribution in [3.8, 4) is 11.5 Å². The molecule has 1 aromatic carbocycles. The molecule has 1 unspecified atom stereocenters. The predicted octanol–water partition coefficient (Wildman–Crippen LogP) is 3.42. The summed E-state index contributed by atoms with van der Waals surface area (Å²) in [6.07, 6.45) is 1.20. The van der Waals surface area contributed by atoms with Gasteiger partial charge in [-0.15, -0.1) is 0 Å². The van der Waals surface area contributed by atoms with E-state index < -0.39 is 0 Å². The Morgan fingerprint density at radius 1 is 1.26 bits per heavy atom. The molecule has 3 rings (SSSR count). The number of benzene rings is 1. The molecule has 0 spiro atoms. The fourth-order valence-electron chi connectivity index (χ4n) is 3.06. The van der Waals surface area contributed by atoms with E-state index >= 15 is 0 Å². The Labute approximate surface area is 122 Å². The second kappa shape index (κ2) is 5.33. The third-order valence-corrected chi connectivity index (χ3v) is 4.50. The van der Waals surface area contributed by atoms with Crippen molar-refractivity contribution < 1.29 is 9.47 Å². The van der Waals surface area contributed by atoms with E-state index in [0.717, 1.165) is 29.1 Å². The van der Waals surface area contributed by atoms with Gasteiger partial charge in [-0.05, 0) is 52.4 Å². The predicted molar refractivity (Wildman–Crippen MR) is 79.4 cm³/mol. The number of rotatable bonds is 2. The number of nitrogens with one attached hydrogen (secondary N) is 1. The van der Waals surface area contributed by atoms with Gasteiger partial charge in [-0.25, -0.2) is 0 Å². The lowest BCUT2D eigenvalue weighted by Crippen LogP contribution is -2.19. The minimum Gasteiger partial charge on any atom is -0.486 e. The Morgan fingerprint density at radius 2 is 2.00 bits per heavy atom. The summed E-state index contributed by atoms with van der Waals surface area (Å²) in [7, 11) is 0. The molecule has 19 heavy (non-hydrogen) atoms. The van der Waals surface area contributed by atoms with Crippen molar-refractivity contribution in [3.05, 3.63) is 21.7 Å². The molecule has 0 radical (unpaired) electrons. The average molecular weight is 326 g/mol. The van der Waals surface area contributed by atoms with Crippen LogP contribution in [0.25, 0.3) is 0 Å². The lowest BCUT2D eigenvalue weighted by Gasteiger charge is -2.27. The quantitative estimate of drug-likeness (QED) is 0.903. The Hall–Kier alpha value is -0.740. The standard InChI is InChI=1S/C15H20BrNO2/c1-9(2)13-11(10-3-4-17-8-10)7-12(16)14-15(13)19-6-5-18-14/h7,9-10,17H,3-6,8H2,1-2H3. The van der Waals surface area contributed by atoms with Gasteiger partial charge in [0.05, 0.1) is 4.47 Å². The van der Waals surface area contributed by atoms with Crippen LogP contribution in [-0.2, 0) is 0 Å². The third-order valence-electron chi connectivity index (χ3n) is 3.91. The van der Waals surface area contributed by atoms with E-state index in [1.165, 1.54) is 17.5 Å². The van der Waals surface area contributed by atoms with Gasteiger partial charge in [-0.1, -0.05) is 13.8 Å². The van der Waals surface area contributed by atoms with E-state index in [1.54, 1.807) is 0 Å². The summed E-state index contributed by atoms with van der Waals surface area (Å²) in [6.45, 7) is 7.90. The second-order valence-corrected chi connectivity index (χ2v) is 6.42. The third kappa shape index (κ3) is 2.36. The first-order chi connectivity index (χ1) is 9.18. The van der Waals surface area contributed by atoms with Gasteiger partial charge in [0.1, 0.15) is 13.2 Å². The van der Waals surface area contributed by atoms with Gasteiger partial charge in [0.15, 0.2) is 11.5 Å². The summed E-state index contributed by atoms with van der Waals surface area (Å²) in [6, 6.07) is 2.24. The fraction of sp³-hybridized carbons (Fsp3) is 0.600. The molecule has 3 nitrogen and oxygen atoms in total. The molecule has 2 aliphatic heterocycles. The van der Waals surface area contributed by atoms with Crippen molar-refractivity contribution in [3.63, 3.8) is 0 Å². The largest absolute Gasteiger partial charge is 0.486 e. The van der Waals surface area contributed by atoms with Crippen molar-refractivity contribution in [1.29, 1.82) is 0 Å². The smallest absolute Gasteiger partial charge is 0.175 e. The highest BCUT2D eigenvalue weighted by Crippen LogP contribution is 2.47. The van der Waals surface area contributed by atoms with Gasteiger partial charge in [0, 0.05) is 12.1 Å². The maximum Gasteiger partial charge on any atom is 0.175 e. The zero-order valence-corrected chi connectivity index (χ0v) is 13.0. The molecule has 2 aliphatic rings. The van der Waals surface area contributed by atoms with E-state index in [9.17, 15) is 0 Å². The van der Waals surface area contributed by atoms with E-state index in [2.05, 4.69) is 41.2 Å². The van der Waals surface area contributed by atoms with Crippen molar-refractivity contribution in [2.45, 2.75) is 32.1 Å². The average Bonchev–Trinajstić information content (AvgIpc) is 2.92. The van der Waals surface area contributed by atoms with Crippen LogP contribution < -0.4 is 14.8 Å². The highest BCUT2D eigenvalue weighted by molar-refractivity contribution is 9.10. The molecule has 0 amide bonds. The van der Waals surface area contributed by atoms with Crippen LogP contribution in [0.4, 0.5) is 0 Å². The number of ether oxygens (including phenoxy) is 2. The topological polar surface area (TPSA) is 30.5 Å². The summed E-state index contributed by atoms with van der Waals surface area (Å²) in [4.78, 5) is 0. The van der Waals surface area contributed by atoms with E-state index in [1.807, 2.05) is 0 Å². The van der Waals surface area contributed by atoms with Gasteiger partial charge < -0.3 is 14.8 Å². The molecule has 0 aliphatic carbocycles. The first-order valence-corrected chi connectivity index (χ1v) is 7.80. The van der Waals surface area contributed by atoms with Crippen LogP contribution in [0.1, 0.15) is 43.2 Å². The Bertz CT molecular complexity index is 482. The molecular weight excluding hydrogens is 306 g/mol. The number of hydrogen-bond donors (Lipinski definition) is 1. The Morgan fingerprint density at radius 3 is 2.63 bits per heavy atom. The van der Waals surface area contributed by atoms with Crippen LogP contribution in [-0.4, -0.2) is 26.3 Å². The summed E-state index contributed by atoms with van der Waals surface area (Å²) in [5.74, 6) is 2.87. The van der Waals surface area contributed by atoms with Gasteiger partial charge in [-0.2, -0.15) is 0 Å². The van der Waals surface area contributed by atoms with Crippen molar-refractivity contribution in [2.24, 2.45) is 0 Å². The maximum absolute atomic E-state index is 5.92. The first kappa shape index (κ1) is 13.3. The van der Waals surface area contributed by atoms with Gasteiger partial charge >= 0.3 is 0 Å². The lowest BCUT2D eigenvalue weighted by atomic mass is 9.87. The van der Waals surface area contributed by atoms with E-state index in [4.69, 9.17) is 9.47 Å². The molecule has 104 valence electrons. The molecular formula is C15H20BrNO2. The highest BCUT2D eigenvalue weighted by atomic mass is 79.9. The molecule has 1 saturated heterocycles. The van der Waals surface area contributed by atoms with E-state index in [-0.39, 0.29) is 0 Å². The number of halogens is 1. The maximum atomic E-state index is 5.92. The van der Waals surface area contributed by atoms with Gasteiger partial charge in [-0.3, -0.25) is 0 Å². The van der Waals surface area contributed by atoms with Gasteiger partial charge in [0.25, 0.3) is 0 Å². The molecule has 1 aromatic rings. The normalized spacial score (nSPS) is 22.0. The molecule has 1 N–H and O–H groups in total. The van der Waals surface area contributed by atoms with Crippen LogP contribution in [0.5, 0.6) is 11.5 Å². The zero-order chi connectivity index (χ0) is 13.4.